The molecule has 0 amide bonds. The molecule has 1 aliphatic heterocycles. The lowest BCUT2D eigenvalue weighted by Gasteiger charge is -2.31. The molecule has 1 fully saturated rings. The van der Waals surface area contributed by atoms with Crippen LogP contribution in [0.1, 0.15) is 26.0 Å². The van der Waals surface area contributed by atoms with Gasteiger partial charge in [0, 0.05) is 31.2 Å². The van der Waals surface area contributed by atoms with Gasteiger partial charge in [0.15, 0.2) is 0 Å². The number of rotatable bonds is 7. The molecule has 1 aromatic rings. The Morgan fingerprint density at radius 2 is 2.33 bits per heavy atom. The van der Waals surface area contributed by atoms with Crippen molar-refractivity contribution in [3.63, 3.8) is 0 Å². The van der Waals surface area contributed by atoms with Gasteiger partial charge in [0.25, 0.3) is 0 Å². The number of morpholine rings is 1. The highest BCUT2D eigenvalue weighted by Crippen LogP contribution is 2.13. The number of ether oxygens (including phenoxy) is 2. The second-order valence-corrected chi connectivity index (χ2v) is 5.55. The van der Waals surface area contributed by atoms with Crippen molar-refractivity contribution in [3.05, 3.63) is 24.0 Å². The summed E-state index contributed by atoms with van der Waals surface area (Å²) in [5.41, 5.74) is 6.95. The van der Waals surface area contributed by atoms with Crippen LogP contribution in [-0.4, -0.2) is 54.9 Å². The van der Waals surface area contributed by atoms with Gasteiger partial charge in [-0.3, -0.25) is 9.88 Å². The van der Waals surface area contributed by atoms with Crippen LogP contribution in [0.5, 0.6) is 5.75 Å². The van der Waals surface area contributed by atoms with E-state index in [1.165, 1.54) is 0 Å². The first kappa shape index (κ1) is 16.2. The van der Waals surface area contributed by atoms with Crippen molar-refractivity contribution in [1.29, 1.82) is 0 Å². The summed E-state index contributed by atoms with van der Waals surface area (Å²) in [6.45, 7) is 8.64. The summed E-state index contributed by atoms with van der Waals surface area (Å²) in [4.78, 5) is 6.79. The molecule has 2 atom stereocenters. The molecule has 1 saturated heterocycles. The fourth-order valence-corrected chi connectivity index (χ4v) is 2.39. The van der Waals surface area contributed by atoms with Gasteiger partial charge < -0.3 is 15.2 Å². The molecule has 0 bridgehead atoms. The van der Waals surface area contributed by atoms with Crippen molar-refractivity contribution in [2.24, 2.45) is 5.73 Å². The summed E-state index contributed by atoms with van der Waals surface area (Å²) in [6.07, 6.45) is 3.70. The Bertz CT molecular complexity index is 410. The largest absolute Gasteiger partial charge is 0.489 e. The normalized spacial score (nSPS) is 21.2. The molecule has 0 radical (unpaired) electrons. The molecular weight excluding hydrogens is 266 g/mol. The molecule has 0 aromatic carbocycles. The van der Waals surface area contributed by atoms with E-state index in [0.717, 1.165) is 50.5 Å². The Hall–Kier alpha value is -1.17. The molecule has 1 aromatic heterocycles. The van der Waals surface area contributed by atoms with Gasteiger partial charge in [0.05, 0.1) is 12.8 Å². The number of hydrogen-bond acceptors (Lipinski definition) is 5. The third-order valence-electron chi connectivity index (χ3n) is 3.90. The van der Waals surface area contributed by atoms with Crippen LogP contribution in [0.3, 0.4) is 0 Å². The molecule has 5 heteroatoms. The van der Waals surface area contributed by atoms with E-state index in [-0.39, 0.29) is 12.1 Å². The first-order valence-electron chi connectivity index (χ1n) is 7.88. The van der Waals surface area contributed by atoms with Crippen LogP contribution in [0, 0.1) is 0 Å². The minimum Gasteiger partial charge on any atom is -0.489 e. The summed E-state index contributed by atoms with van der Waals surface area (Å²) in [5, 5.41) is 0. The first-order valence-corrected chi connectivity index (χ1v) is 7.88. The van der Waals surface area contributed by atoms with Gasteiger partial charge in [-0.05, 0) is 25.1 Å². The number of hydrogen-bond donors (Lipinski definition) is 1. The van der Waals surface area contributed by atoms with Crippen LogP contribution < -0.4 is 10.5 Å². The van der Waals surface area contributed by atoms with Crippen molar-refractivity contribution < 1.29 is 9.47 Å². The van der Waals surface area contributed by atoms with Crippen molar-refractivity contribution >= 4 is 0 Å². The Morgan fingerprint density at radius 3 is 3.00 bits per heavy atom. The van der Waals surface area contributed by atoms with Gasteiger partial charge in [-0.1, -0.05) is 13.8 Å². The number of nitrogens with zero attached hydrogens (tertiary/aromatic N) is 2. The molecule has 0 aliphatic carbocycles. The van der Waals surface area contributed by atoms with Crippen LogP contribution in [0.15, 0.2) is 18.3 Å². The van der Waals surface area contributed by atoms with E-state index in [1.54, 1.807) is 6.20 Å². The smallest absolute Gasteiger partial charge is 0.137 e. The highest BCUT2D eigenvalue weighted by atomic mass is 16.5. The van der Waals surface area contributed by atoms with E-state index >= 15 is 0 Å². The third kappa shape index (κ3) is 5.26. The lowest BCUT2D eigenvalue weighted by atomic mass is 10.1. The quantitative estimate of drug-likeness (QED) is 0.825. The van der Waals surface area contributed by atoms with Crippen molar-refractivity contribution in [1.82, 2.24) is 9.88 Å². The number of likely N-dealkylation sites (N-methyl/N-ethyl adjacent to an activating group) is 1. The van der Waals surface area contributed by atoms with Crippen LogP contribution in [0.4, 0.5) is 0 Å². The fraction of sp³-hybridized carbons (Fsp3) is 0.688. The second-order valence-electron chi connectivity index (χ2n) is 5.55. The predicted octanol–water partition coefficient (Wildman–Crippen LogP) is 1.46. The predicted molar refractivity (Wildman–Crippen MR) is 83.6 cm³/mol. The minimum absolute atomic E-state index is 0.145. The molecule has 2 rings (SSSR count). The van der Waals surface area contributed by atoms with Crippen molar-refractivity contribution in [2.45, 2.75) is 38.8 Å². The van der Waals surface area contributed by atoms with Gasteiger partial charge in [0.1, 0.15) is 18.5 Å². The molecule has 5 nitrogen and oxygen atoms in total. The van der Waals surface area contributed by atoms with Gasteiger partial charge in [-0.15, -0.1) is 0 Å². The SMILES string of the molecule is CCC(N)Cc1ccc(OCC2CN(CC)CCO2)cn1. The van der Waals surface area contributed by atoms with E-state index in [0.29, 0.717) is 6.61 Å². The van der Waals surface area contributed by atoms with Gasteiger partial charge >= 0.3 is 0 Å². The van der Waals surface area contributed by atoms with Crippen LogP contribution in [0.2, 0.25) is 0 Å². The van der Waals surface area contributed by atoms with E-state index in [2.05, 4.69) is 23.7 Å². The van der Waals surface area contributed by atoms with Crippen molar-refractivity contribution in [2.75, 3.05) is 32.8 Å². The molecular formula is C16H27N3O2. The van der Waals surface area contributed by atoms with Gasteiger partial charge in [-0.2, -0.15) is 0 Å². The maximum absolute atomic E-state index is 5.93. The maximum atomic E-state index is 5.93. The third-order valence-corrected chi connectivity index (χ3v) is 3.90. The molecule has 1 aliphatic rings. The highest BCUT2D eigenvalue weighted by Gasteiger charge is 2.19. The zero-order chi connectivity index (χ0) is 15.1. The highest BCUT2D eigenvalue weighted by molar-refractivity contribution is 5.20. The molecule has 2 unspecified atom stereocenters. The first-order chi connectivity index (χ1) is 10.2. The summed E-state index contributed by atoms with van der Waals surface area (Å²) in [7, 11) is 0. The van der Waals surface area contributed by atoms with Gasteiger partial charge in [0.2, 0.25) is 0 Å². The van der Waals surface area contributed by atoms with Gasteiger partial charge in [-0.25, -0.2) is 0 Å². The zero-order valence-corrected chi connectivity index (χ0v) is 13.1. The second kappa shape index (κ2) is 8.32. The maximum Gasteiger partial charge on any atom is 0.137 e. The molecule has 2 N–H and O–H groups in total. The molecule has 118 valence electrons. The topological polar surface area (TPSA) is 60.6 Å². The Morgan fingerprint density at radius 1 is 1.48 bits per heavy atom. The Labute approximate surface area is 127 Å². The lowest BCUT2D eigenvalue weighted by Crippen LogP contribution is -2.44. The minimum atomic E-state index is 0.145. The zero-order valence-electron chi connectivity index (χ0n) is 13.1. The summed E-state index contributed by atoms with van der Waals surface area (Å²) in [5.74, 6) is 0.793. The van der Waals surface area contributed by atoms with E-state index in [4.69, 9.17) is 15.2 Å². The van der Waals surface area contributed by atoms with Crippen molar-refractivity contribution in [3.8, 4) is 5.75 Å². The van der Waals surface area contributed by atoms with E-state index in [1.807, 2.05) is 12.1 Å². The summed E-state index contributed by atoms with van der Waals surface area (Å²) < 4.78 is 11.5. The van der Waals surface area contributed by atoms with Crippen LogP contribution in [-0.2, 0) is 11.2 Å². The molecule has 0 saturated carbocycles. The summed E-state index contributed by atoms with van der Waals surface area (Å²) in [6, 6.07) is 4.13. The van der Waals surface area contributed by atoms with Crippen LogP contribution in [0.25, 0.3) is 0 Å². The monoisotopic (exact) mass is 293 g/mol. The molecule has 2 heterocycles. The number of pyridine rings is 1. The number of nitrogens with two attached hydrogens (primary N) is 1. The average molecular weight is 293 g/mol. The summed E-state index contributed by atoms with van der Waals surface area (Å²) >= 11 is 0. The average Bonchev–Trinajstić information content (AvgIpc) is 2.54. The van der Waals surface area contributed by atoms with E-state index < -0.39 is 0 Å². The lowest BCUT2D eigenvalue weighted by molar-refractivity contribution is -0.0464. The molecule has 21 heavy (non-hydrogen) atoms. The molecule has 0 spiro atoms. The number of aromatic nitrogens is 1. The van der Waals surface area contributed by atoms with E-state index in [9.17, 15) is 0 Å². The standard InChI is InChI=1S/C16H27N3O2/c1-3-13(17)9-14-5-6-15(10-18-14)21-12-16-11-19(4-2)7-8-20-16/h5-6,10,13,16H,3-4,7-9,11-12,17H2,1-2H3. The fourth-order valence-electron chi connectivity index (χ4n) is 2.39. The Kier molecular flexibility index (Phi) is 6.42. The van der Waals surface area contributed by atoms with Crippen LogP contribution >= 0.6 is 0 Å². The Balaban J connectivity index is 1.78.